The lowest BCUT2D eigenvalue weighted by Crippen LogP contribution is -2.19. The largest absolute Gasteiger partial charge is 0.494 e. The highest BCUT2D eigenvalue weighted by Gasteiger charge is 2.19. The number of rotatable bonds is 1. The molecule has 0 bridgehead atoms. The standard InChI is InChI=1S/C8H12O3/c1-5-4-11-8(9)7(10-3)6(5)2/h4,8-9H,1-3H3. The summed E-state index contributed by atoms with van der Waals surface area (Å²) in [5, 5.41) is 9.21. The Morgan fingerprint density at radius 3 is 2.64 bits per heavy atom. The fraction of sp³-hybridized carbons (Fsp3) is 0.500. The first kappa shape index (κ1) is 8.14. The molecule has 0 aromatic rings. The van der Waals surface area contributed by atoms with Gasteiger partial charge >= 0.3 is 0 Å². The summed E-state index contributed by atoms with van der Waals surface area (Å²) in [5.74, 6) is 0.491. The first-order valence-electron chi connectivity index (χ1n) is 3.42. The molecule has 0 saturated carbocycles. The lowest BCUT2D eigenvalue weighted by atomic mass is 10.1. The van der Waals surface area contributed by atoms with E-state index >= 15 is 0 Å². The average Bonchev–Trinajstić information content (AvgIpc) is 1.99. The molecular formula is C8H12O3. The molecule has 11 heavy (non-hydrogen) atoms. The predicted octanol–water partition coefficient (Wildman–Crippen LogP) is 1.16. The minimum atomic E-state index is -0.941. The van der Waals surface area contributed by atoms with Gasteiger partial charge in [-0.15, -0.1) is 0 Å². The SMILES string of the molecule is COC1=C(C)C(C)=COC1O. The first-order chi connectivity index (χ1) is 5.16. The molecule has 0 aromatic carbocycles. The molecule has 0 saturated heterocycles. The second-order valence-electron chi connectivity index (χ2n) is 2.48. The van der Waals surface area contributed by atoms with Crippen molar-refractivity contribution in [2.75, 3.05) is 7.11 Å². The van der Waals surface area contributed by atoms with Gasteiger partial charge in [0.25, 0.3) is 6.29 Å². The van der Waals surface area contributed by atoms with Crippen LogP contribution in [0.3, 0.4) is 0 Å². The highest BCUT2D eigenvalue weighted by atomic mass is 16.6. The summed E-state index contributed by atoms with van der Waals surface area (Å²) in [6, 6.07) is 0. The molecule has 1 N–H and O–H groups in total. The van der Waals surface area contributed by atoms with Crippen molar-refractivity contribution in [3.63, 3.8) is 0 Å². The van der Waals surface area contributed by atoms with Crippen LogP contribution in [0.4, 0.5) is 0 Å². The summed E-state index contributed by atoms with van der Waals surface area (Å²) < 4.78 is 9.82. The summed E-state index contributed by atoms with van der Waals surface area (Å²) in [7, 11) is 1.52. The minimum absolute atomic E-state index is 0.491. The predicted molar refractivity (Wildman–Crippen MR) is 40.6 cm³/mol. The second kappa shape index (κ2) is 2.96. The Morgan fingerprint density at radius 2 is 2.18 bits per heavy atom. The van der Waals surface area contributed by atoms with Crippen molar-refractivity contribution in [3.05, 3.63) is 23.2 Å². The van der Waals surface area contributed by atoms with E-state index in [0.717, 1.165) is 11.1 Å². The van der Waals surface area contributed by atoms with Crippen LogP contribution in [0.5, 0.6) is 0 Å². The van der Waals surface area contributed by atoms with E-state index < -0.39 is 6.29 Å². The van der Waals surface area contributed by atoms with Crippen LogP contribution in [0.25, 0.3) is 0 Å². The molecule has 1 heterocycles. The summed E-state index contributed by atoms with van der Waals surface area (Å²) >= 11 is 0. The Balaban J connectivity index is 2.95. The van der Waals surface area contributed by atoms with Gasteiger partial charge in [-0.25, -0.2) is 0 Å². The normalized spacial score (nSPS) is 24.4. The monoisotopic (exact) mass is 156 g/mol. The van der Waals surface area contributed by atoms with Crippen LogP contribution in [0.2, 0.25) is 0 Å². The smallest absolute Gasteiger partial charge is 0.255 e. The van der Waals surface area contributed by atoms with Crippen molar-refractivity contribution >= 4 is 0 Å². The maximum absolute atomic E-state index is 9.21. The average molecular weight is 156 g/mol. The van der Waals surface area contributed by atoms with Gasteiger partial charge in [0.2, 0.25) is 0 Å². The zero-order valence-electron chi connectivity index (χ0n) is 6.92. The van der Waals surface area contributed by atoms with Crippen LogP contribution in [-0.4, -0.2) is 18.5 Å². The number of hydrogen-bond acceptors (Lipinski definition) is 3. The highest BCUT2D eigenvalue weighted by molar-refractivity contribution is 5.31. The molecule has 0 spiro atoms. The molecule has 1 aliphatic rings. The first-order valence-corrected chi connectivity index (χ1v) is 3.42. The lowest BCUT2D eigenvalue weighted by molar-refractivity contribution is -0.0598. The Bertz CT molecular complexity index is 215. The molecule has 0 fully saturated rings. The van der Waals surface area contributed by atoms with Gasteiger partial charge in [-0.3, -0.25) is 0 Å². The molecule has 3 heteroatoms. The molecule has 62 valence electrons. The van der Waals surface area contributed by atoms with Gasteiger partial charge in [0.1, 0.15) is 0 Å². The van der Waals surface area contributed by atoms with Gasteiger partial charge in [0.15, 0.2) is 5.76 Å². The van der Waals surface area contributed by atoms with Crippen molar-refractivity contribution in [3.8, 4) is 0 Å². The van der Waals surface area contributed by atoms with E-state index in [9.17, 15) is 5.11 Å². The summed E-state index contributed by atoms with van der Waals surface area (Å²) in [6.07, 6.45) is 0.589. The molecule has 0 radical (unpaired) electrons. The third-order valence-electron chi connectivity index (χ3n) is 1.78. The van der Waals surface area contributed by atoms with Gasteiger partial charge in [0, 0.05) is 0 Å². The Labute approximate surface area is 65.9 Å². The van der Waals surface area contributed by atoms with Gasteiger partial charge < -0.3 is 14.6 Å². The van der Waals surface area contributed by atoms with Gasteiger partial charge in [0.05, 0.1) is 13.4 Å². The zero-order valence-corrected chi connectivity index (χ0v) is 6.92. The van der Waals surface area contributed by atoms with E-state index in [2.05, 4.69) is 0 Å². The van der Waals surface area contributed by atoms with E-state index in [1.165, 1.54) is 13.4 Å². The summed E-state index contributed by atoms with van der Waals surface area (Å²) in [5.41, 5.74) is 1.92. The molecule has 0 aromatic heterocycles. The van der Waals surface area contributed by atoms with Crippen LogP contribution in [-0.2, 0) is 9.47 Å². The second-order valence-corrected chi connectivity index (χ2v) is 2.48. The van der Waals surface area contributed by atoms with Crippen LogP contribution < -0.4 is 0 Å². The molecule has 0 aliphatic carbocycles. The number of methoxy groups -OCH3 is 1. The van der Waals surface area contributed by atoms with Crippen molar-refractivity contribution in [1.82, 2.24) is 0 Å². The van der Waals surface area contributed by atoms with E-state index in [1.807, 2.05) is 13.8 Å². The van der Waals surface area contributed by atoms with Crippen molar-refractivity contribution in [1.29, 1.82) is 0 Å². The molecular weight excluding hydrogens is 144 g/mol. The van der Waals surface area contributed by atoms with Crippen molar-refractivity contribution in [2.24, 2.45) is 0 Å². The molecule has 1 atom stereocenters. The van der Waals surface area contributed by atoms with Crippen LogP contribution in [0.1, 0.15) is 13.8 Å². The Morgan fingerprint density at radius 1 is 1.55 bits per heavy atom. The third-order valence-corrected chi connectivity index (χ3v) is 1.78. The summed E-state index contributed by atoms with van der Waals surface area (Å²) in [6.45, 7) is 3.79. The number of aliphatic hydroxyl groups excluding tert-OH is 1. The van der Waals surface area contributed by atoms with Crippen LogP contribution >= 0.6 is 0 Å². The summed E-state index contributed by atoms with van der Waals surface area (Å²) in [4.78, 5) is 0. The Hall–Kier alpha value is -0.960. The highest BCUT2D eigenvalue weighted by Crippen LogP contribution is 2.23. The quantitative estimate of drug-likeness (QED) is 0.619. The third kappa shape index (κ3) is 1.38. The van der Waals surface area contributed by atoms with E-state index in [4.69, 9.17) is 9.47 Å². The van der Waals surface area contributed by atoms with E-state index in [-0.39, 0.29) is 0 Å². The Kier molecular flexibility index (Phi) is 2.19. The lowest BCUT2D eigenvalue weighted by Gasteiger charge is -2.21. The fourth-order valence-corrected chi connectivity index (χ4v) is 0.950. The molecule has 3 nitrogen and oxygen atoms in total. The van der Waals surface area contributed by atoms with Gasteiger partial charge in [-0.2, -0.15) is 0 Å². The van der Waals surface area contributed by atoms with Crippen LogP contribution in [0, 0.1) is 0 Å². The topological polar surface area (TPSA) is 38.7 Å². The molecule has 1 aliphatic heterocycles. The molecule has 1 rings (SSSR count). The van der Waals surface area contributed by atoms with Gasteiger partial charge in [-0.1, -0.05) is 0 Å². The van der Waals surface area contributed by atoms with Crippen molar-refractivity contribution in [2.45, 2.75) is 20.1 Å². The van der Waals surface area contributed by atoms with Gasteiger partial charge in [-0.05, 0) is 25.0 Å². The number of ether oxygens (including phenoxy) is 2. The van der Waals surface area contributed by atoms with Crippen LogP contribution in [0.15, 0.2) is 23.2 Å². The maximum Gasteiger partial charge on any atom is 0.255 e. The van der Waals surface area contributed by atoms with E-state index in [1.54, 1.807) is 0 Å². The molecule has 1 unspecified atom stereocenters. The number of allylic oxidation sites excluding steroid dienone is 2. The molecule has 0 amide bonds. The zero-order chi connectivity index (χ0) is 8.43. The van der Waals surface area contributed by atoms with Crippen molar-refractivity contribution < 1.29 is 14.6 Å². The maximum atomic E-state index is 9.21. The number of hydrogen-bond donors (Lipinski definition) is 1. The minimum Gasteiger partial charge on any atom is -0.494 e. The fourth-order valence-electron chi connectivity index (χ4n) is 0.950. The van der Waals surface area contributed by atoms with E-state index in [0.29, 0.717) is 5.76 Å². The number of aliphatic hydroxyl groups is 1.